The lowest BCUT2D eigenvalue weighted by molar-refractivity contribution is -0.136. The molecule has 5 rings (SSSR count). The summed E-state index contributed by atoms with van der Waals surface area (Å²) in [7, 11) is 0. The number of rotatable bonds is 3. The van der Waals surface area contributed by atoms with E-state index in [9.17, 15) is 9.59 Å². The molecule has 2 aliphatic rings. The molecule has 0 unspecified atom stereocenters. The van der Waals surface area contributed by atoms with E-state index in [1.165, 1.54) is 19.5 Å². The molecular weight excluding hydrogens is 406 g/mol. The summed E-state index contributed by atoms with van der Waals surface area (Å²) in [6.45, 7) is 5.87. The van der Waals surface area contributed by atoms with Crippen LogP contribution in [0.3, 0.4) is 0 Å². The number of carbonyl (C=O) groups is 2. The van der Waals surface area contributed by atoms with E-state index < -0.39 is 0 Å². The molecule has 2 amide bonds. The number of thiophene rings is 2. The Labute approximate surface area is 177 Å². The molecule has 0 spiro atoms. The highest BCUT2D eigenvalue weighted by atomic mass is 32.1. The molecule has 8 heteroatoms. The van der Waals surface area contributed by atoms with Crippen LogP contribution in [0.15, 0.2) is 30.3 Å². The first-order chi connectivity index (χ1) is 14.2. The number of hydrogen-bond acceptors (Lipinski definition) is 6. The van der Waals surface area contributed by atoms with Crippen LogP contribution in [0.4, 0.5) is 0 Å². The molecule has 0 saturated carbocycles. The van der Waals surface area contributed by atoms with Crippen LogP contribution in [-0.2, 0) is 9.53 Å². The molecule has 0 atom stereocenters. The van der Waals surface area contributed by atoms with Gasteiger partial charge >= 0.3 is 0 Å². The third kappa shape index (κ3) is 3.77. The second kappa shape index (κ2) is 8.02. The molecule has 29 heavy (non-hydrogen) atoms. The Balaban J connectivity index is 1.21. The molecule has 6 nitrogen and oxygen atoms in total. The van der Waals surface area contributed by atoms with Crippen LogP contribution in [-0.4, -0.2) is 85.5 Å². The van der Waals surface area contributed by atoms with Gasteiger partial charge in [0.15, 0.2) is 0 Å². The fourth-order valence-corrected chi connectivity index (χ4v) is 6.47. The molecule has 2 fully saturated rings. The van der Waals surface area contributed by atoms with E-state index in [4.69, 9.17) is 4.74 Å². The highest BCUT2D eigenvalue weighted by molar-refractivity contribution is 7.33. The average molecular weight is 430 g/mol. The number of amides is 2. The van der Waals surface area contributed by atoms with Crippen molar-refractivity contribution in [3.8, 4) is 0 Å². The summed E-state index contributed by atoms with van der Waals surface area (Å²) < 4.78 is 8.98. The number of hydrogen-bond donors (Lipinski definition) is 0. The van der Waals surface area contributed by atoms with Gasteiger partial charge in [0.25, 0.3) is 5.91 Å². The zero-order chi connectivity index (χ0) is 19.8. The maximum Gasteiger partial charge on any atom is 0.264 e. The van der Waals surface area contributed by atoms with Gasteiger partial charge in [-0.2, -0.15) is 0 Å². The Morgan fingerprint density at radius 1 is 0.897 bits per heavy atom. The third-order valence-corrected chi connectivity index (χ3v) is 8.05. The standard InChI is InChI=1S/C21H23N3O3S2/c25-19(23-9-11-27-12-10-23)14-22-5-7-24(8-6-22)21(26)18-13-17-20(29-18)15-3-1-2-4-16(15)28-17/h1-4,13H,5-12,14H2. The van der Waals surface area contributed by atoms with Crippen molar-refractivity contribution in [1.82, 2.24) is 14.7 Å². The second-order valence-corrected chi connectivity index (χ2v) is 9.60. The Morgan fingerprint density at radius 2 is 1.66 bits per heavy atom. The van der Waals surface area contributed by atoms with Crippen molar-refractivity contribution in [2.24, 2.45) is 0 Å². The van der Waals surface area contributed by atoms with Crippen LogP contribution in [0.25, 0.3) is 19.5 Å². The molecule has 2 aromatic heterocycles. The van der Waals surface area contributed by atoms with Crippen LogP contribution in [0, 0.1) is 0 Å². The highest BCUT2D eigenvalue weighted by Crippen LogP contribution is 2.39. The number of benzene rings is 1. The zero-order valence-electron chi connectivity index (χ0n) is 16.1. The maximum atomic E-state index is 13.0. The van der Waals surface area contributed by atoms with Crippen molar-refractivity contribution in [3.63, 3.8) is 0 Å². The summed E-state index contributed by atoms with van der Waals surface area (Å²) >= 11 is 3.35. The Hall–Kier alpha value is -2.00. The molecule has 0 N–H and O–H groups in total. The van der Waals surface area contributed by atoms with Crippen molar-refractivity contribution >= 4 is 54.0 Å². The molecule has 0 bridgehead atoms. The topological polar surface area (TPSA) is 53.1 Å². The fourth-order valence-electron chi connectivity index (χ4n) is 3.97. The van der Waals surface area contributed by atoms with Crippen molar-refractivity contribution < 1.29 is 14.3 Å². The van der Waals surface area contributed by atoms with Crippen molar-refractivity contribution in [2.75, 3.05) is 59.0 Å². The number of fused-ring (bicyclic) bond motifs is 3. The molecule has 0 radical (unpaired) electrons. The first kappa shape index (κ1) is 19.0. The summed E-state index contributed by atoms with van der Waals surface area (Å²) in [6.07, 6.45) is 0. The summed E-state index contributed by atoms with van der Waals surface area (Å²) in [5, 5.41) is 1.24. The highest BCUT2D eigenvalue weighted by Gasteiger charge is 2.26. The van der Waals surface area contributed by atoms with E-state index in [0.717, 1.165) is 18.0 Å². The number of morpholine rings is 1. The van der Waals surface area contributed by atoms with Gasteiger partial charge in [-0.05, 0) is 12.1 Å². The van der Waals surface area contributed by atoms with E-state index in [1.807, 2.05) is 21.9 Å². The number of carbonyl (C=O) groups excluding carboxylic acids is 2. The van der Waals surface area contributed by atoms with Crippen LogP contribution >= 0.6 is 22.7 Å². The van der Waals surface area contributed by atoms with Gasteiger partial charge in [-0.25, -0.2) is 0 Å². The number of nitrogens with zero attached hydrogens (tertiary/aromatic N) is 3. The predicted octanol–water partition coefficient (Wildman–Crippen LogP) is 2.73. The van der Waals surface area contributed by atoms with E-state index in [2.05, 4.69) is 23.1 Å². The lowest BCUT2D eigenvalue weighted by Gasteiger charge is -2.35. The molecule has 0 aliphatic carbocycles. The van der Waals surface area contributed by atoms with Gasteiger partial charge in [0, 0.05) is 54.1 Å². The lowest BCUT2D eigenvalue weighted by Crippen LogP contribution is -2.52. The monoisotopic (exact) mass is 429 g/mol. The van der Waals surface area contributed by atoms with Gasteiger partial charge in [0.1, 0.15) is 0 Å². The average Bonchev–Trinajstić information content (AvgIpc) is 3.32. The number of piperazine rings is 1. The van der Waals surface area contributed by atoms with Gasteiger partial charge in [-0.3, -0.25) is 14.5 Å². The van der Waals surface area contributed by atoms with Gasteiger partial charge in [0.2, 0.25) is 5.91 Å². The smallest absolute Gasteiger partial charge is 0.264 e. The summed E-state index contributed by atoms with van der Waals surface area (Å²) in [5.74, 6) is 0.278. The summed E-state index contributed by atoms with van der Waals surface area (Å²) in [4.78, 5) is 32.2. The van der Waals surface area contributed by atoms with Crippen LogP contribution in [0.5, 0.6) is 0 Å². The quantitative estimate of drug-likeness (QED) is 0.643. The van der Waals surface area contributed by atoms with E-state index >= 15 is 0 Å². The maximum absolute atomic E-state index is 13.0. The molecule has 152 valence electrons. The molecule has 2 aliphatic heterocycles. The molecule has 2 saturated heterocycles. The minimum Gasteiger partial charge on any atom is -0.378 e. The Morgan fingerprint density at radius 3 is 2.45 bits per heavy atom. The van der Waals surface area contributed by atoms with Gasteiger partial charge in [-0.1, -0.05) is 18.2 Å². The minimum atomic E-state index is 0.113. The van der Waals surface area contributed by atoms with Gasteiger partial charge < -0.3 is 14.5 Å². The van der Waals surface area contributed by atoms with E-state index in [-0.39, 0.29) is 11.8 Å². The van der Waals surface area contributed by atoms with Gasteiger partial charge in [-0.15, -0.1) is 22.7 Å². The summed E-state index contributed by atoms with van der Waals surface area (Å²) in [5.41, 5.74) is 0. The van der Waals surface area contributed by atoms with E-state index in [0.29, 0.717) is 45.9 Å². The molecule has 3 aromatic rings. The van der Waals surface area contributed by atoms with Gasteiger partial charge in [0.05, 0.1) is 29.3 Å². The largest absolute Gasteiger partial charge is 0.378 e. The Bertz CT molecular complexity index is 1050. The second-order valence-electron chi connectivity index (χ2n) is 7.46. The zero-order valence-corrected chi connectivity index (χ0v) is 17.8. The fraction of sp³-hybridized carbons (Fsp3) is 0.429. The Kier molecular flexibility index (Phi) is 5.26. The van der Waals surface area contributed by atoms with Crippen LogP contribution in [0.2, 0.25) is 0 Å². The number of ether oxygens (including phenoxy) is 1. The first-order valence-electron chi connectivity index (χ1n) is 9.97. The molecule has 1 aromatic carbocycles. The van der Waals surface area contributed by atoms with Crippen LogP contribution < -0.4 is 0 Å². The molecule has 4 heterocycles. The lowest BCUT2D eigenvalue weighted by atomic mass is 10.2. The first-order valence-corrected chi connectivity index (χ1v) is 11.6. The summed E-state index contributed by atoms with van der Waals surface area (Å²) in [6, 6.07) is 10.4. The minimum absolute atomic E-state index is 0.113. The molecular formula is C21H23N3O3S2. The van der Waals surface area contributed by atoms with Crippen LogP contribution in [0.1, 0.15) is 9.67 Å². The van der Waals surface area contributed by atoms with E-state index in [1.54, 1.807) is 22.7 Å². The van der Waals surface area contributed by atoms with Crippen molar-refractivity contribution in [1.29, 1.82) is 0 Å². The third-order valence-electron chi connectivity index (χ3n) is 5.64. The van der Waals surface area contributed by atoms with Crippen molar-refractivity contribution in [2.45, 2.75) is 0 Å². The SMILES string of the molecule is O=C(CN1CCN(C(=O)c2cc3sc4ccccc4c3s2)CC1)N1CCOCC1. The normalized spacial score (nSPS) is 18.6. The van der Waals surface area contributed by atoms with Crippen molar-refractivity contribution in [3.05, 3.63) is 35.2 Å². The predicted molar refractivity (Wildman–Crippen MR) is 117 cm³/mol.